The van der Waals surface area contributed by atoms with Crippen LogP contribution >= 0.6 is 27.5 Å². The van der Waals surface area contributed by atoms with Gasteiger partial charge in [-0.1, -0.05) is 25.4 Å². The molecule has 0 N–H and O–H groups in total. The topological polar surface area (TPSA) is 37.4 Å². The summed E-state index contributed by atoms with van der Waals surface area (Å²) in [5.74, 6) is -0.195. The number of hydrogen-bond acceptors (Lipinski definition) is 2. The molecule has 1 aliphatic heterocycles. The number of benzene rings is 1. The summed E-state index contributed by atoms with van der Waals surface area (Å²) in [5.41, 5.74) is -0.0698. The molecule has 2 rings (SSSR count). The molecule has 1 heterocycles. The van der Waals surface area contributed by atoms with Crippen LogP contribution < -0.4 is 4.90 Å². The van der Waals surface area contributed by atoms with Crippen LogP contribution in [0.25, 0.3) is 0 Å². The van der Waals surface area contributed by atoms with Crippen LogP contribution in [0.5, 0.6) is 0 Å². The molecule has 0 spiro atoms. The molecular weight excluding hydrogens is 330 g/mol. The van der Waals surface area contributed by atoms with Gasteiger partial charge in [-0.25, -0.2) is 4.90 Å². The van der Waals surface area contributed by atoms with E-state index in [4.69, 9.17) is 11.6 Å². The molecule has 1 fully saturated rings. The lowest BCUT2D eigenvalue weighted by Gasteiger charge is -2.26. The van der Waals surface area contributed by atoms with Gasteiger partial charge in [0.25, 0.3) is 0 Å². The predicted octanol–water partition coefficient (Wildman–Crippen LogP) is 4.03. The van der Waals surface area contributed by atoms with E-state index in [0.29, 0.717) is 15.2 Å². The van der Waals surface area contributed by atoms with Gasteiger partial charge in [-0.05, 0) is 47.0 Å². The molecule has 0 saturated carbocycles. The molecule has 0 bridgehead atoms. The number of hydrogen-bond donors (Lipinski definition) is 0. The van der Waals surface area contributed by atoms with Crippen LogP contribution in [0.3, 0.4) is 0 Å². The first-order chi connectivity index (χ1) is 8.77. The number of halogens is 2. The van der Waals surface area contributed by atoms with E-state index >= 15 is 0 Å². The zero-order valence-electron chi connectivity index (χ0n) is 11.0. The molecule has 0 aliphatic carbocycles. The summed E-state index contributed by atoms with van der Waals surface area (Å²) in [6, 6.07) is 5.05. The Morgan fingerprint density at radius 2 is 2.00 bits per heavy atom. The lowest BCUT2D eigenvalue weighted by atomic mass is 9.78. The second-order valence-electron chi connectivity index (χ2n) is 5.38. The number of imide groups is 1. The average molecular weight is 345 g/mol. The molecule has 1 unspecified atom stereocenters. The van der Waals surface area contributed by atoms with E-state index in [0.717, 1.165) is 0 Å². The Kier molecular flexibility index (Phi) is 3.76. The molecule has 0 radical (unpaired) electrons. The summed E-state index contributed by atoms with van der Waals surface area (Å²) in [6.07, 6.45) is 0.249. The minimum atomic E-state index is -0.629. The van der Waals surface area contributed by atoms with E-state index < -0.39 is 5.41 Å². The fourth-order valence-electron chi connectivity index (χ4n) is 2.19. The fraction of sp³-hybridized carbons (Fsp3) is 0.429. The van der Waals surface area contributed by atoms with Gasteiger partial charge in [-0.2, -0.15) is 0 Å². The Morgan fingerprint density at radius 3 is 2.47 bits per heavy atom. The van der Waals surface area contributed by atoms with Gasteiger partial charge in [0.05, 0.1) is 11.1 Å². The standard InChI is InChI=1S/C14H15BrClNO2/c1-8(2)14(3)7-12(18)17(13(14)19)11-5-4-9(16)6-10(11)15/h4-6,8H,7H2,1-3H3. The summed E-state index contributed by atoms with van der Waals surface area (Å²) < 4.78 is 0.648. The number of rotatable bonds is 2. The average Bonchev–Trinajstić information content (AvgIpc) is 2.53. The Balaban J connectivity index is 2.46. The maximum atomic E-state index is 12.6. The molecule has 5 heteroatoms. The summed E-state index contributed by atoms with van der Waals surface area (Å²) in [5, 5.41) is 0.557. The third-order valence-electron chi connectivity index (χ3n) is 3.88. The SMILES string of the molecule is CC(C)C1(C)CC(=O)N(c2ccc(Cl)cc2Br)C1=O. The second-order valence-corrected chi connectivity index (χ2v) is 6.67. The zero-order valence-corrected chi connectivity index (χ0v) is 13.4. The molecule has 1 aliphatic rings. The van der Waals surface area contributed by atoms with E-state index in [1.54, 1.807) is 18.2 Å². The van der Waals surface area contributed by atoms with Crippen molar-refractivity contribution in [2.45, 2.75) is 27.2 Å². The Morgan fingerprint density at radius 1 is 1.37 bits per heavy atom. The molecule has 2 amide bonds. The third kappa shape index (κ3) is 2.32. The van der Waals surface area contributed by atoms with Crippen molar-refractivity contribution in [3.8, 4) is 0 Å². The predicted molar refractivity (Wildman–Crippen MR) is 79.2 cm³/mol. The van der Waals surface area contributed by atoms with E-state index in [1.165, 1.54) is 4.90 Å². The van der Waals surface area contributed by atoms with Crippen LogP contribution in [0.1, 0.15) is 27.2 Å². The monoisotopic (exact) mass is 343 g/mol. The van der Waals surface area contributed by atoms with Crippen LogP contribution in [-0.4, -0.2) is 11.8 Å². The van der Waals surface area contributed by atoms with Gasteiger partial charge >= 0.3 is 0 Å². The molecule has 0 aromatic heterocycles. The van der Waals surface area contributed by atoms with E-state index in [1.807, 2.05) is 20.8 Å². The second kappa shape index (κ2) is 4.91. The maximum absolute atomic E-state index is 12.6. The third-order valence-corrected chi connectivity index (χ3v) is 4.75. The van der Waals surface area contributed by atoms with Gasteiger partial charge in [0.2, 0.25) is 11.8 Å². The van der Waals surface area contributed by atoms with Gasteiger partial charge in [0.15, 0.2) is 0 Å². The van der Waals surface area contributed by atoms with Gasteiger partial charge < -0.3 is 0 Å². The van der Waals surface area contributed by atoms with Gasteiger partial charge in [0, 0.05) is 15.9 Å². The summed E-state index contributed by atoms with van der Waals surface area (Å²) in [4.78, 5) is 26.0. The molecule has 1 saturated heterocycles. The van der Waals surface area contributed by atoms with Crippen LogP contribution in [-0.2, 0) is 9.59 Å². The molecule has 3 nitrogen and oxygen atoms in total. The zero-order chi connectivity index (χ0) is 14.4. The number of carbonyl (C=O) groups excluding carboxylic acids is 2. The molecule has 19 heavy (non-hydrogen) atoms. The quantitative estimate of drug-likeness (QED) is 0.760. The fourth-order valence-corrected chi connectivity index (χ4v) is 3.05. The molecule has 1 aromatic carbocycles. The number of anilines is 1. The smallest absolute Gasteiger partial charge is 0.240 e. The highest BCUT2D eigenvalue weighted by Crippen LogP contribution is 2.43. The van der Waals surface area contributed by atoms with Crippen molar-refractivity contribution in [2.75, 3.05) is 4.90 Å². The van der Waals surface area contributed by atoms with E-state index in [2.05, 4.69) is 15.9 Å². The summed E-state index contributed by atoms with van der Waals surface area (Å²) in [6.45, 7) is 5.78. The Labute approximate surface area is 126 Å². The van der Waals surface area contributed by atoms with Crippen molar-refractivity contribution in [1.82, 2.24) is 0 Å². The van der Waals surface area contributed by atoms with E-state index in [-0.39, 0.29) is 24.2 Å². The number of carbonyl (C=O) groups is 2. The number of amides is 2. The first kappa shape index (κ1) is 14.5. The van der Waals surface area contributed by atoms with Crippen molar-refractivity contribution in [2.24, 2.45) is 11.3 Å². The van der Waals surface area contributed by atoms with Crippen LogP contribution in [0.4, 0.5) is 5.69 Å². The van der Waals surface area contributed by atoms with Crippen molar-refractivity contribution >= 4 is 45.0 Å². The van der Waals surface area contributed by atoms with Crippen molar-refractivity contribution < 1.29 is 9.59 Å². The van der Waals surface area contributed by atoms with Crippen molar-refractivity contribution in [3.63, 3.8) is 0 Å². The van der Waals surface area contributed by atoms with Gasteiger partial charge in [0.1, 0.15) is 0 Å². The van der Waals surface area contributed by atoms with E-state index in [9.17, 15) is 9.59 Å². The first-order valence-electron chi connectivity index (χ1n) is 6.10. The largest absolute Gasteiger partial charge is 0.274 e. The molecular formula is C14H15BrClNO2. The number of nitrogens with zero attached hydrogens (tertiary/aromatic N) is 1. The van der Waals surface area contributed by atoms with Crippen LogP contribution in [0, 0.1) is 11.3 Å². The summed E-state index contributed by atoms with van der Waals surface area (Å²) in [7, 11) is 0. The Bertz CT molecular complexity index is 558. The normalized spacial score (nSPS) is 23.6. The minimum absolute atomic E-state index is 0.111. The molecule has 1 atom stereocenters. The molecule has 1 aromatic rings. The van der Waals surface area contributed by atoms with Crippen molar-refractivity contribution in [1.29, 1.82) is 0 Å². The van der Waals surface area contributed by atoms with Gasteiger partial charge in [-0.15, -0.1) is 0 Å². The van der Waals surface area contributed by atoms with Crippen LogP contribution in [0.15, 0.2) is 22.7 Å². The van der Waals surface area contributed by atoms with Crippen molar-refractivity contribution in [3.05, 3.63) is 27.7 Å². The lowest BCUT2D eigenvalue weighted by molar-refractivity contribution is -0.126. The highest BCUT2D eigenvalue weighted by atomic mass is 79.9. The first-order valence-corrected chi connectivity index (χ1v) is 7.27. The Hall–Kier alpha value is -0.870. The summed E-state index contributed by atoms with van der Waals surface area (Å²) >= 11 is 9.24. The minimum Gasteiger partial charge on any atom is -0.274 e. The van der Waals surface area contributed by atoms with Gasteiger partial charge in [-0.3, -0.25) is 9.59 Å². The molecule has 102 valence electrons. The highest BCUT2D eigenvalue weighted by Gasteiger charge is 2.50. The lowest BCUT2D eigenvalue weighted by Crippen LogP contribution is -2.37. The van der Waals surface area contributed by atoms with Crippen LogP contribution in [0.2, 0.25) is 5.02 Å². The maximum Gasteiger partial charge on any atom is 0.240 e. The highest BCUT2D eigenvalue weighted by molar-refractivity contribution is 9.10.